The van der Waals surface area contributed by atoms with Gasteiger partial charge in [-0.2, -0.15) is 5.10 Å². The van der Waals surface area contributed by atoms with Gasteiger partial charge in [-0.3, -0.25) is 4.68 Å². The molecular formula is C17H29N3O3. The number of hydrogen-bond acceptors (Lipinski definition) is 5. The van der Waals surface area contributed by atoms with E-state index in [1.165, 1.54) is 0 Å². The predicted octanol–water partition coefficient (Wildman–Crippen LogP) is 1.41. The fourth-order valence-corrected chi connectivity index (χ4v) is 3.78. The first kappa shape index (κ1) is 16.9. The van der Waals surface area contributed by atoms with Crippen molar-refractivity contribution in [1.29, 1.82) is 0 Å². The van der Waals surface area contributed by atoms with Gasteiger partial charge in [-0.25, -0.2) is 0 Å². The maximum atomic E-state index is 10.4. The summed E-state index contributed by atoms with van der Waals surface area (Å²) in [5.74, 6) is 0.430. The topological polar surface area (TPSA) is 68.5 Å². The Balaban J connectivity index is 1.47. The fourth-order valence-electron chi connectivity index (χ4n) is 3.78. The summed E-state index contributed by atoms with van der Waals surface area (Å²) in [4.78, 5) is 0. The number of nitrogens with zero attached hydrogens (tertiary/aromatic N) is 2. The first-order chi connectivity index (χ1) is 11.1. The third-order valence-electron chi connectivity index (χ3n) is 4.98. The molecular weight excluding hydrogens is 294 g/mol. The van der Waals surface area contributed by atoms with Crippen molar-refractivity contribution in [3.8, 4) is 0 Å². The summed E-state index contributed by atoms with van der Waals surface area (Å²) in [5.41, 5.74) is 0.553. The Bertz CT molecular complexity index is 499. The summed E-state index contributed by atoms with van der Waals surface area (Å²) in [6, 6.07) is 0. The second-order valence-corrected chi connectivity index (χ2v) is 6.98. The normalized spacial score (nSPS) is 34.3. The van der Waals surface area contributed by atoms with Gasteiger partial charge in [-0.15, -0.1) is 0 Å². The van der Waals surface area contributed by atoms with Crippen molar-refractivity contribution < 1.29 is 14.6 Å². The molecule has 1 aliphatic carbocycles. The highest BCUT2D eigenvalue weighted by Crippen LogP contribution is 2.35. The van der Waals surface area contributed by atoms with Gasteiger partial charge in [-0.1, -0.05) is 0 Å². The minimum Gasteiger partial charge on any atom is -0.388 e. The Morgan fingerprint density at radius 2 is 2.35 bits per heavy atom. The van der Waals surface area contributed by atoms with Crippen molar-refractivity contribution in [2.45, 2.75) is 50.4 Å². The average Bonchev–Trinajstić information content (AvgIpc) is 2.93. The van der Waals surface area contributed by atoms with Gasteiger partial charge in [0, 0.05) is 63.9 Å². The smallest absolute Gasteiger partial charge is 0.0895 e. The molecule has 3 rings (SSSR count). The zero-order valence-corrected chi connectivity index (χ0v) is 14.2. The van der Waals surface area contributed by atoms with Crippen LogP contribution in [0.5, 0.6) is 0 Å². The van der Waals surface area contributed by atoms with Gasteiger partial charge in [0.1, 0.15) is 0 Å². The summed E-state index contributed by atoms with van der Waals surface area (Å²) >= 11 is 0. The molecule has 0 spiro atoms. The van der Waals surface area contributed by atoms with E-state index < -0.39 is 5.60 Å². The predicted molar refractivity (Wildman–Crippen MR) is 87.1 cm³/mol. The molecule has 1 aromatic rings. The number of hydrogen-bond donors (Lipinski definition) is 2. The van der Waals surface area contributed by atoms with Crippen molar-refractivity contribution in [3.63, 3.8) is 0 Å². The lowest BCUT2D eigenvalue weighted by Gasteiger charge is -2.43. The Labute approximate surface area is 138 Å². The van der Waals surface area contributed by atoms with Gasteiger partial charge in [0.25, 0.3) is 0 Å². The minimum atomic E-state index is -0.598. The standard InChI is InChI=1S/C17H29N3O3/c1-3-22-15-7-17(21,8-15)12-18-9-13-5-4-6-23-16(13)14-10-19-20(2)11-14/h10-11,13,15-16,18,21H,3-9,12H2,1-2H3/t13-,15?,16+,17?/m0/s1. The van der Waals surface area contributed by atoms with E-state index in [1.807, 2.05) is 31.0 Å². The van der Waals surface area contributed by atoms with E-state index in [1.54, 1.807) is 0 Å². The van der Waals surface area contributed by atoms with E-state index in [-0.39, 0.29) is 12.2 Å². The molecule has 1 saturated heterocycles. The van der Waals surface area contributed by atoms with Crippen molar-refractivity contribution in [2.75, 3.05) is 26.3 Å². The Morgan fingerprint density at radius 3 is 3.04 bits per heavy atom. The lowest BCUT2D eigenvalue weighted by atomic mass is 9.77. The van der Waals surface area contributed by atoms with Gasteiger partial charge >= 0.3 is 0 Å². The molecule has 1 aliphatic heterocycles. The molecule has 1 saturated carbocycles. The molecule has 0 bridgehead atoms. The van der Waals surface area contributed by atoms with Crippen LogP contribution in [0.25, 0.3) is 0 Å². The zero-order valence-electron chi connectivity index (χ0n) is 14.2. The van der Waals surface area contributed by atoms with Crippen LogP contribution in [0.15, 0.2) is 12.4 Å². The summed E-state index contributed by atoms with van der Waals surface area (Å²) in [7, 11) is 1.93. The first-order valence-electron chi connectivity index (χ1n) is 8.74. The first-order valence-corrected chi connectivity index (χ1v) is 8.74. The minimum absolute atomic E-state index is 0.108. The van der Waals surface area contributed by atoms with Crippen LogP contribution in [0.2, 0.25) is 0 Å². The molecule has 6 nitrogen and oxygen atoms in total. The number of aromatic nitrogens is 2. The molecule has 2 N–H and O–H groups in total. The van der Waals surface area contributed by atoms with Crippen molar-refractivity contribution >= 4 is 0 Å². The molecule has 0 radical (unpaired) electrons. The largest absolute Gasteiger partial charge is 0.388 e. The highest BCUT2D eigenvalue weighted by Gasteiger charge is 2.43. The molecule has 2 atom stereocenters. The summed E-state index contributed by atoms with van der Waals surface area (Å²) in [6.45, 7) is 5.03. The van der Waals surface area contributed by atoms with Gasteiger partial charge in [0.05, 0.1) is 24.0 Å². The summed E-state index contributed by atoms with van der Waals surface area (Å²) < 4.78 is 13.3. The molecule has 23 heavy (non-hydrogen) atoms. The molecule has 1 aromatic heterocycles. The van der Waals surface area contributed by atoms with E-state index in [0.29, 0.717) is 12.5 Å². The number of aliphatic hydroxyl groups is 1. The molecule has 2 aliphatic rings. The quantitative estimate of drug-likeness (QED) is 0.794. The Kier molecular flexibility index (Phi) is 5.36. The van der Waals surface area contributed by atoms with Gasteiger partial charge < -0.3 is 19.9 Å². The molecule has 2 fully saturated rings. The number of nitrogens with one attached hydrogen (secondary N) is 1. The van der Waals surface area contributed by atoms with Crippen LogP contribution < -0.4 is 5.32 Å². The zero-order chi connectivity index (χ0) is 16.3. The van der Waals surface area contributed by atoms with Crippen LogP contribution in [0.4, 0.5) is 0 Å². The van der Waals surface area contributed by atoms with Crippen LogP contribution in [-0.4, -0.2) is 52.9 Å². The second kappa shape index (κ2) is 7.30. The number of rotatable bonds is 7. The van der Waals surface area contributed by atoms with Crippen LogP contribution in [0.3, 0.4) is 0 Å². The fraction of sp³-hybridized carbons (Fsp3) is 0.824. The SMILES string of the molecule is CCOC1CC(O)(CNC[C@@H]2CCCO[C@H]2c2cnn(C)c2)C1. The lowest BCUT2D eigenvalue weighted by Crippen LogP contribution is -2.55. The van der Waals surface area contributed by atoms with Crippen LogP contribution in [0.1, 0.15) is 44.3 Å². The van der Waals surface area contributed by atoms with E-state index in [0.717, 1.165) is 51.0 Å². The summed E-state index contributed by atoms with van der Waals surface area (Å²) in [6.07, 6.45) is 7.99. The molecule has 0 aromatic carbocycles. The molecule has 130 valence electrons. The van der Waals surface area contributed by atoms with E-state index in [4.69, 9.17) is 9.47 Å². The second-order valence-electron chi connectivity index (χ2n) is 6.98. The molecule has 0 unspecified atom stereocenters. The number of ether oxygens (including phenoxy) is 2. The van der Waals surface area contributed by atoms with Gasteiger partial charge in [0.15, 0.2) is 0 Å². The van der Waals surface area contributed by atoms with E-state index >= 15 is 0 Å². The summed E-state index contributed by atoms with van der Waals surface area (Å²) in [5, 5.41) is 18.1. The lowest BCUT2D eigenvalue weighted by molar-refractivity contribution is -0.135. The monoisotopic (exact) mass is 323 g/mol. The van der Waals surface area contributed by atoms with Crippen molar-refractivity contribution in [2.24, 2.45) is 13.0 Å². The highest BCUT2D eigenvalue weighted by molar-refractivity contribution is 5.10. The Hall–Kier alpha value is -0.950. The van der Waals surface area contributed by atoms with E-state index in [2.05, 4.69) is 10.4 Å². The maximum absolute atomic E-state index is 10.4. The molecule has 0 amide bonds. The maximum Gasteiger partial charge on any atom is 0.0895 e. The van der Waals surface area contributed by atoms with Crippen LogP contribution >= 0.6 is 0 Å². The van der Waals surface area contributed by atoms with Crippen LogP contribution in [0, 0.1) is 5.92 Å². The van der Waals surface area contributed by atoms with Crippen molar-refractivity contribution in [1.82, 2.24) is 15.1 Å². The van der Waals surface area contributed by atoms with Gasteiger partial charge in [0.2, 0.25) is 0 Å². The van der Waals surface area contributed by atoms with Gasteiger partial charge in [-0.05, 0) is 19.8 Å². The highest BCUT2D eigenvalue weighted by atomic mass is 16.5. The Morgan fingerprint density at radius 1 is 1.52 bits per heavy atom. The molecule has 6 heteroatoms. The van der Waals surface area contributed by atoms with E-state index in [9.17, 15) is 5.11 Å². The third kappa shape index (κ3) is 4.12. The van der Waals surface area contributed by atoms with Crippen molar-refractivity contribution in [3.05, 3.63) is 18.0 Å². The van der Waals surface area contributed by atoms with Crippen LogP contribution in [-0.2, 0) is 16.5 Å². The average molecular weight is 323 g/mol. The third-order valence-corrected chi connectivity index (χ3v) is 4.98. The number of aryl methyl sites for hydroxylation is 1. The molecule has 2 heterocycles.